The van der Waals surface area contributed by atoms with E-state index in [0.717, 1.165) is 0 Å². The maximum absolute atomic E-state index is 11.4. The molecule has 70 valence electrons. The Kier molecular flexibility index (Phi) is 5.28. The third kappa shape index (κ3) is 2.72. The zero-order chi connectivity index (χ0) is 8.91. The van der Waals surface area contributed by atoms with E-state index >= 15 is 0 Å². The van der Waals surface area contributed by atoms with Crippen LogP contribution in [-0.2, 0) is 9.93 Å². The van der Waals surface area contributed by atoms with Crippen molar-refractivity contribution in [1.82, 2.24) is 0 Å². The Labute approximate surface area is 72.1 Å². The standard InChI is InChI=1S/C5H14O4S2/c6-1-5(2-10)11(9,3-7)4-8/h5-8,10-11H,1-4H2/t5-/m1/s1. The van der Waals surface area contributed by atoms with Crippen LogP contribution in [0.1, 0.15) is 0 Å². The van der Waals surface area contributed by atoms with Gasteiger partial charge in [-0.05, 0) is 0 Å². The van der Waals surface area contributed by atoms with Crippen LogP contribution in [0.4, 0.5) is 0 Å². The first-order chi connectivity index (χ1) is 5.14. The molecule has 0 aromatic heterocycles. The van der Waals surface area contributed by atoms with Crippen molar-refractivity contribution in [3.8, 4) is 0 Å². The molecule has 0 aliphatic carbocycles. The van der Waals surface area contributed by atoms with Crippen LogP contribution in [0, 0.1) is 0 Å². The van der Waals surface area contributed by atoms with Gasteiger partial charge in [-0.15, -0.1) is 0 Å². The number of aliphatic hydroxyl groups excluding tert-OH is 3. The zero-order valence-corrected chi connectivity index (χ0v) is 7.84. The van der Waals surface area contributed by atoms with E-state index in [2.05, 4.69) is 12.6 Å². The topological polar surface area (TPSA) is 77.8 Å². The molecule has 6 heteroatoms. The number of rotatable bonds is 5. The third-order valence-electron chi connectivity index (χ3n) is 1.57. The summed E-state index contributed by atoms with van der Waals surface area (Å²) in [5.74, 6) is -0.945. The molecule has 0 rings (SSSR count). The van der Waals surface area contributed by atoms with Gasteiger partial charge in [0.2, 0.25) is 0 Å². The molecule has 0 heterocycles. The summed E-state index contributed by atoms with van der Waals surface area (Å²) >= 11 is 3.84. The molecule has 0 radical (unpaired) electrons. The van der Waals surface area contributed by atoms with Crippen molar-refractivity contribution >= 4 is 22.6 Å². The van der Waals surface area contributed by atoms with Gasteiger partial charge in [-0.2, -0.15) is 12.6 Å². The van der Waals surface area contributed by atoms with E-state index in [1.54, 1.807) is 0 Å². The molecule has 0 saturated carbocycles. The third-order valence-corrected chi connectivity index (χ3v) is 4.93. The molecule has 0 aromatic carbocycles. The van der Waals surface area contributed by atoms with E-state index in [0.29, 0.717) is 0 Å². The van der Waals surface area contributed by atoms with E-state index in [1.165, 1.54) is 0 Å². The molecule has 0 unspecified atom stereocenters. The smallest absolute Gasteiger partial charge is 0.0986 e. The van der Waals surface area contributed by atoms with Gasteiger partial charge < -0.3 is 15.3 Å². The average Bonchev–Trinajstić information content (AvgIpc) is 2.06. The Morgan fingerprint density at radius 2 is 1.73 bits per heavy atom. The summed E-state index contributed by atoms with van der Waals surface area (Å²) in [5.41, 5.74) is 0. The first-order valence-corrected chi connectivity index (χ1v) is 5.93. The maximum atomic E-state index is 11.4. The minimum Gasteiger partial charge on any atom is -0.395 e. The molecule has 0 saturated heterocycles. The Balaban J connectivity index is 4.32. The number of hydrogen-bond donors (Lipinski definition) is 5. The van der Waals surface area contributed by atoms with Crippen LogP contribution < -0.4 is 0 Å². The summed E-state index contributed by atoms with van der Waals surface area (Å²) in [5, 5.41) is 25.4. The molecule has 0 aromatic rings. The van der Waals surface area contributed by atoms with Crippen molar-refractivity contribution < 1.29 is 19.5 Å². The molecular weight excluding hydrogens is 188 g/mol. The zero-order valence-electron chi connectivity index (χ0n) is 6.05. The second-order valence-corrected chi connectivity index (χ2v) is 5.82. The molecule has 0 aliphatic rings. The highest BCUT2D eigenvalue weighted by molar-refractivity contribution is 8.03. The molecule has 0 amide bonds. The largest absolute Gasteiger partial charge is 0.395 e. The summed E-state index contributed by atoms with van der Waals surface area (Å²) in [4.78, 5) is 0. The van der Waals surface area contributed by atoms with Gasteiger partial charge in [-0.1, -0.05) is 9.93 Å². The van der Waals surface area contributed by atoms with Crippen LogP contribution in [-0.4, -0.2) is 49.0 Å². The summed E-state index contributed by atoms with van der Waals surface area (Å²) in [7, 11) is -3.01. The van der Waals surface area contributed by atoms with Crippen molar-refractivity contribution in [2.24, 2.45) is 0 Å². The molecular formula is C5H14O4S2. The van der Waals surface area contributed by atoms with Crippen molar-refractivity contribution in [3.63, 3.8) is 0 Å². The Morgan fingerprint density at radius 1 is 1.27 bits per heavy atom. The van der Waals surface area contributed by atoms with Gasteiger partial charge in [0.15, 0.2) is 0 Å². The van der Waals surface area contributed by atoms with Crippen LogP contribution in [0.25, 0.3) is 0 Å². The van der Waals surface area contributed by atoms with E-state index in [4.69, 9.17) is 15.3 Å². The van der Waals surface area contributed by atoms with Crippen LogP contribution in [0.3, 0.4) is 0 Å². The molecule has 0 fully saturated rings. The van der Waals surface area contributed by atoms with Crippen LogP contribution in [0.5, 0.6) is 0 Å². The van der Waals surface area contributed by atoms with E-state index in [9.17, 15) is 4.21 Å². The van der Waals surface area contributed by atoms with E-state index in [-0.39, 0.29) is 12.4 Å². The predicted molar refractivity (Wildman–Crippen MR) is 48.4 cm³/mol. The highest BCUT2D eigenvalue weighted by atomic mass is 32.2. The number of hydrogen-bond acceptors (Lipinski definition) is 5. The van der Waals surface area contributed by atoms with Crippen molar-refractivity contribution in [1.29, 1.82) is 0 Å². The minimum absolute atomic E-state index is 0.203. The highest BCUT2D eigenvalue weighted by Gasteiger charge is 2.23. The van der Waals surface area contributed by atoms with Crippen LogP contribution >= 0.6 is 12.6 Å². The summed E-state index contributed by atoms with van der Waals surface area (Å²) in [6.45, 7) is -0.318. The lowest BCUT2D eigenvalue weighted by molar-refractivity contribution is 0.287. The van der Waals surface area contributed by atoms with Gasteiger partial charge in [-0.3, -0.25) is 4.21 Å². The SMILES string of the molecule is O=[SH](CO)(CO)[C@H](CO)CS. The van der Waals surface area contributed by atoms with Crippen molar-refractivity contribution in [2.75, 3.05) is 24.2 Å². The lowest BCUT2D eigenvalue weighted by atomic mass is 10.5. The number of aliphatic hydroxyl groups is 3. The van der Waals surface area contributed by atoms with Gasteiger partial charge in [0.25, 0.3) is 0 Å². The van der Waals surface area contributed by atoms with Gasteiger partial charge >= 0.3 is 0 Å². The molecule has 11 heavy (non-hydrogen) atoms. The Hall–Kier alpha value is 0.380. The lowest BCUT2D eigenvalue weighted by Crippen LogP contribution is -2.38. The molecule has 0 spiro atoms. The second-order valence-electron chi connectivity index (χ2n) is 2.25. The average molecular weight is 202 g/mol. The van der Waals surface area contributed by atoms with Gasteiger partial charge in [0.05, 0.1) is 18.5 Å². The Bertz CT molecular complexity index is 137. The van der Waals surface area contributed by atoms with Gasteiger partial charge in [0, 0.05) is 11.0 Å². The summed E-state index contributed by atoms with van der Waals surface area (Å²) in [6.07, 6.45) is 0. The second kappa shape index (κ2) is 5.10. The Morgan fingerprint density at radius 3 is 1.82 bits per heavy atom. The summed E-state index contributed by atoms with van der Waals surface area (Å²) < 4.78 is 11.4. The molecule has 3 N–H and O–H groups in total. The van der Waals surface area contributed by atoms with E-state index in [1.807, 2.05) is 0 Å². The quantitative estimate of drug-likeness (QED) is 0.341. The normalized spacial score (nSPS) is 16.4. The first kappa shape index (κ1) is 11.4. The molecule has 4 nitrogen and oxygen atoms in total. The molecule has 1 atom stereocenters. The van der Waals surface area contributed by atoms with Gasteiger partial charge in [0.1, 0.15) is 0 Å². The van der Waals surface area contributed by atoms with Crippen molar-refractivity contribution in [2.45, 2.75) is 5.25 Å². The fourth-order valence-electron chi connectivity index (χ4n) is 0.631. The fourth-order valence-corrected chi connectivity index (χ4v) is 2.79. The first-order valence-electron chi connectivity index (χ1n) is 3.15. The summed E-state index contributed by atoms with van der Waals surface area (Å²) in [6, 6.07) is 0. The van der Waals surface area contributed by atoms with Crippen LogP contribution in [0.2, 0.25) is 0 Å². The van der Waals surface area contributed by atoms with Gasteiger partial charge in [-0.25, -0.2) is 0 Å². The fraction of sp³-hybridized carbons (Fsp3) is 1.00. The van der Waals surface area contributed by atoms with Crippen molar-refractivity contribution in [3.05, 3.63) is 0 Å². The lowest BCUT2D eigenvalue weighted by Gasteiger charge is -2.25. The predicted octanol–water partition coefficient (Wildman–Crippen LogP) is -1.81. The number of thiol groups is 2. The molecule has 0 bridgehead atoms. The molecule has 0 aliphatic heterocycles. The maximum Gasteiger partial charge on any atom is 0.0986 e. The minimum atomic E-state index is -3.01. The monoisotopic (exact) mass is 202 g/mol. The van der Waals surface area contributed by atoms with Crippen LogP contribution in [0.15, 0.2) is 0 Å². The van der Waals surface area contributed by atoms with E-state index < -0.39 is 27.1 Å². The highest BCUT2D eigenvalue weighted by Crippen LogP contribution is 2.11.